The van der Waals surface area contributed by atoms with E-state index >= 15 is 0 Å². The van der Waals surface area contributed by atoms with Crippen LogP contribution in [0.15, 0.2) is 60.8 Å². The summed E-state index contributed by atoms with van der Waals surface area (Å²) in [6, 6.07) is -0.839. The summed E-state index contributed by atoms with van der Waals surface area (Å²) in [5.74, 6) is -0.257. The van der Waals surface area contributed by atoms with Crippen LogP contribution in [-0.2, 0) is 23.8 Å². The Morgan fingerprint density at radius 3 is 1.60 bits per heavy atom. The van der Waals surface area contributed by atoms with E-state index in [9.17, 15) is 35.1 Å². The normalized spacial score (nSPS) is 20.0. The Kier molecular flexibility index (Phi) is 42.6. The van der Waals surface area contributed by atoms with Crippen LogP contribution < -0.4 is 5.32 Å². The molecule has 388 valence electrons. The van der Waals surface area contributed by atoms with Gasteiger partial charge in [0.1, 0.15) is 24.4 Å². The second-order valence-electron chi connectivity index (χ2n) is 18.6. The van der Waals surface area contributed by atoms with Crippen LogP contribution in [0.25, 0.3) is 0 Å². The van der Waals surface area contributed by atoms with Crippen molar-refractivity contribution in [2.75, 3.05) is 19.8 Å². The van der Waals surface area contributed by atoms with E-state index in [4.69, 9.17) is 14.2 Å². The molecule has 7 unspecified atom stereocenters. The van der Waals surface area contributed by atoms with Gasteiger partial charge in [0.15, 0.2) is 6.29 Å². The fourth-order valence-electron chi connectivity index (χ4n) is 7.94. The van der Waals surface area contributed by atoms with Gasteiger partial charge >= 0.3 is 5.97 Å². The standard InChI is InChI=1S/C56H99NO10/c1-3-5-7-9-11-13-14-20-24-28-32-36-40-44-52(61)65-45-41-37-33-29-25-22-19-17-15-16-18-21-23-27-31-35-39-43-51(60)57-48(49(59)42-38-34-30-26-12-10-8-6-4-2)47-66-56-55(64)54(63)53(62)50(46-58)67-56/h12-15,17,22,25-26,38,42,48-50,53-56,58-59,62-64H,3-11,16,18-21,23-24,27-37,39-41,43-47H2,1-2H3,(H,57,60)/b14-13-,17-15-,25-22-,26-12+,42-38+. The van der Waals surface area contributed by atoms with Crippen molar-refractivity contribution >= 4 is 11.9 Å². The van der Waals surface area contributed by atoms with Gasteiger partial charge in [0.2, 0.25) is 5.91 Å². The summed E-state index contributed by atoms with van der Waals surface area (Å²) >= 11 is 0. The summed E-state index contributed by atoms with van der Waals surface area (Å²) in [6.07, 6.45) is 47.5. The quantitative estimate of drug-likeness (QED) is 0.0196. The summed E-state index contributed by atoms with van der Waals surface area (Å²) in [5.41, 5.74) is 0. The number of carbonyl (C=O) groups excluding carboxylic acids is 2. The van der Waals surface area contributed by atoms with Gasteiger partial charge in [-0.05, 0) is 109 Å². The molecule has 0 aromatic carbocycles. The Balaban J connectivity index is 2.12. The van der Waals surface area contributed by atoms with E-state index in [2.05, 4.69) is 67.8 Å². The fraction of sp³-hybridized carbons (Fsp3) is 0.786. The highest BCUT2D eigenvalue weighted by atomic mass is 16.7. The third kappa shape index (κ3) is 36.0. The second-order valence-corrected chi connectivity index (χ2v) is 18.6. The number of rotatable bonds is 45. The molecule has 0 bridgehead atoms. The van der Waals surface area contributed by atoms with E-state index in [1.54, 1.807) is 6.08 Å². The minimum atomic E-state index is -1.58. The molecule has 1 amide bonds. The number of esters is 1. The minimum absolute atomic E-state index is 0.0437. The zero-order chi connectivity index (χ0) is 48.8. The van der Waals surface area contributed by atoms with Gasteiger partial charge in [0, 0.05) is 12.8 Å². The Bertz CT molecular complexity index is 1300. The van der Waals surface area contributed by atoms with Gasteiger partial charge in [-0.25, -0.2) is 0 Å². The molecule has 7 atom stereocenters. The molecular weight excluding hydrogens is 847 g/mol. The van der Waals surface area contributed by atoms with Crippen molar-refractivity contribution in [1.29, 1.82) is 0 Å². The van der Waals surface area contributed by atoms with E-state index in [-0.39, 0.29) is 18.5 Å². The fourth-order valence-corrected chi connectivity index (χ4v) is 7.94. The van der Waals surface area contributed by atoms with Crippen LogP contribution in [0.1, 0.15) is 219 Å². The molecule has 0 aromatic rings. The van der Waals surface area contributed by atoms with E-state index in [0.29, 0.717) is 19.4 Å². The van der Waals surface area contributed by atoms with Gasteiger partial charge < -0.3 is 45.1 Å². The van der Waals surface area contributed by atoms with Crippen molar-refractivity contribution < 1.29 is 49.3 Å². The highest BCUT2D eigenvalue weighted by Crippen LogP contribution is 2.22. The first-order valence-electron chi connectivity index (χ1n) is 27.1. The van der Waals surface area contributed by atoms with Crippen LogP contribution in [0.4, 0.5) is 0 Å². The molecule has 0 aromatic heterocycles. The number of nitrogens with one attached hydrogen (secondary N) is 1. The number of aliphatic hydroxyl groups is 5. The maximum Gasteiger partial charge on any atom is 0.305 e. The summed E-state index contributed by atoms with van der Waals surface area (Å²) in [7, 11) is 0. The molecule has 0 spiro atoms. The van der Waals surface area contributed by atoms with E-state index in [1.165, 1.54) is 96.3 Å². The lowest BCUT2D eigenvalue weighted by atomic mass is 9.99. The van der Waals surface area contributed by atoms with Crippen LogP contribution in [0.3, 0.4) is 0 Å². The molecule has 11 heteroatoms. The zero-order valence-electron chi connectivity index (χ0n) is 42.3. The number of hydrogen-bond donors (Lipinski definition) is 6. The van der Waals surface area contributed by atoms with Crippen LogP contribution in [-0.4, -0.2) is 100 Å². The van der Waals surface area contributed by atoms with Crippen LogP contribution in [0, 0.1) is 0 Å². The van der Waals surface area contributed by atoms with Gasteiger partial charge in [0.05, 0.1) is 32.0 Å². The lowest BCUT2D eigenvalue weighted by Crippen LogP contribution is -2.60. The summed E-state index contributed by atoms with van der Waals surface area (Å²) in [4.78, 5) is 25.0. The SMILES string of the molecule is CCCCC/C=C/CC/C=C/C(O)C(COC1OC(CO)C(O)C(O)C1O)NC(=O)CCCCCCCCC/C=C\C/C=C\CCCCCOC(=O)CCCCCCC/C=C\CCCCCC. The molecule has 0 saturated carbocycles. The monoisotopic (exact) mass is 946 g/mol. The van der Waals surface area contributed by atoms with Crippen molar-refractivity contribution in [3.8, 4) is 0 Å². The number of allylic oxidation sites excluding steroid dienone is 9. The molecule has 1 rings (SSSR count). The predicted molar refractivity (Wildman–Crippen MR) is 273 cm³/mol. The zero-order valence-corrected chi connectivity index (χ0v) is 42.3. The maximum absolute atomic E-state index is 13.0. The topological polar surface area (TPSA) is 175 Å². The van der Waals surface area contributed by atoms with Crippen molar-refractivity contribution in [1.82, 2.24) is 5.32 Å². The number of aliphatic hydroxyl groups excluding tert-OH is 5. The van der Waals surface area contributed by atoms with Gasteiger partial charge in [-0.15, -0.1) is 0 Å². The largest absolute Gasteiger partial charge is 0.466 e. The molecule has 1 aliphatic heterocycles. The Hall–Kier alpha value is -2.64. The number of amides is 1. The highest BCUT2D eigenvalue weighted by molar-refractivity contribution is 5.76. The van der Waals surface area contributed by atoms with Crippen molar-refractivity contribution in [3.63, 3.8) is 0 Å². The average molecular weight is 946 g/mol. The Morgan fingerprint density at radius 1 is 0.552 bits per heavy atom. The van der Waals surface area contributed by atoms with Gasteiger partial charge in [0.25, 0.3) is 0 Å². The molecule has 1 aliphatic rings. The summed E-state index contributed by atoms with van der Waals surface area (Å²) in [5, 5.41) is 54.1. The van der Waals surface area contributed by atoms with Crippen LogP contribution >= 0.6 is 0 Å². The smallest absolute Gasteiger partial charge is 0.305 e. The summed E-state index contributed by atoms with van der Waals surface area (Å²) < 4.78 is 16.6. The van der Waals surface area contributed by atoms with E-state index < -0.39 is 49.5 Å². The number of unbranched alkanes of at least 4 members (excludes halogenated alkanes) is 23. The predicted octanol–water partition coefficient (Wildman–Crippen LogP) is 11.5. The van der Waals surface area contributed by atoms with Gasteiger partial charge in [-0.1, -0.05) is 158 Å². The maximum atomic E-state index is 13.0. The van der Waals surface area contributed by atoms with Crippen LogP contribution in [0.5, 0.6) is 0 Å². The molecule has 1 heterocycles. The molecular formula is C56H99NO10. The van der Waals surface area contributed by atoms with E-state index in [0.717, 1.165) is 96.3 Å². The highest BCUT2D eigenvalue weighted by Gasteiger charge is 2.44. The van der Waals surface area contributed by atoms with Gasteiger partial charge in [-0.2, -0.15) is 0 Å². The van der Waals surface area contributed by atoms with Crippen molar-refractivity contribution in [2.24, 2.45) is 0 Å². The third-order valence-corrected chi connectivity index (χ3v) is 12.3. The number of ether oxygens (including phenoxy) is 3. The molecule has 67 heavy (non-hydrogen) atoms. The molecule has 0 radical (unpaired) electrons. The average Bonchev–Trinajstić information content (AvgIpc) is 3.32. The van der Waals surface area contributed by atoms with Crippen molar-refractivity contribution in [2.45, 2.75) is 262 Å². The molecule has 11 nitrogen and oxygen atoms in total. The van der Waals surface area contributed by atoms with E-state index in [1.807, 2.05) is 6.08 Å². The number of hydrogen-bond acceptors (Lipinski definition) is 10. The van der Waals surface area contributed by atoms with Crippen molar-refractivity contribution in [3.05, 3.63) is 60.8 Å². The number of carbonyl (C=O) groups is 2. The van der Waals surface area contributed by atoms with Crippen LogP contribution in [0.2, 0.25) is 0 Å². The Morgan fingerprint density at radius 2 is 1.01 bits per heavy atom. The first-order valence-corrected chi connectivity index (χ1v) is 27.1. The lowest BCUT2D eigenvalue weighted by Gasteiger charge is -2.40. The second kappa shape index (κ2) is 45.8. The summed E-state index contributed by atoms with van der Waals surface area (Å²) in [6.45, 7) is 4.18. The third-order valence-electron chi connectivity index (χ3n) is 12.3. The minimum Gasteiger partial charge on any atom is -0.466 e. The molecule has 1 saturated heterocycles. The first kappa shape index (κ1) is 62.4. The molecule has 0 aliphatic carbocycles. The van der Waals surface area contributed by atoms with Gasteiger partial charge in [-0.3, -0.25) is 9.59 Å². The first-order chi connectivity index (χ1) is 32.7. The Labute approximate surface area is 408 Å². The molecule has 1 fully saturated rings. The molecule has 6 N–H and O–H groups in total. The lowest BCUT2D eigenvalue weighted by molar-refractivity contribution is -0.302.